The van der Waals surface area contributed by atoms with E-state index in [1.165, 1.54) is 18.2 Å². The van der Waals surface area contributed by atoms with Gasteiger partial charge in [0.1, 0.15) is 4.90 Å². The van der Waals surface area contributed by atoms with Crippen molar-refractivity contribution in [3.8, 4) is 0 Å². The molecule has 1 aromatic rings. The second kappa shape index (κ2) is 7.03. The molecule has 1 N–H and O–H groups in total. The Hall–Kier alpha value is -1.47. The van der Waals surface area contributed by atoms with Gasteiger partial charge in [-0.05, 0) is 37.7 Å². The summed E-state index contributed by atoms with van der Waals surface area (Å²) in [5.41, 5.74) is -0.426. The molecule has 0 saturated heterocycles. The van der Waals surface area contributed by atoms with Gasteiger partial charge in [-0.3, -0.25) is 14.7 Å². The number of hydrogen-bond acceptors (Lipinski definition) is 4. The highest BCUT2D eigenvalue weighted by Crippen LogP contribution is 2.53. The SMILES string of the molecule is O=[N+]([O-])c1cccc(S(=O)(=O)O)c1C1(C2CCCCC2)CCCCC1. The zero-order chi connectivity index (χ0) is 18.1. The predicted molar refractivity (Wildman–Crippen MR) is 94.2 cm³/mol. The van der Waals surface area contributed by atoms with E-state index in [-0.39, 0.29) is 22.1 Å². The van der Waals surface area contributed by atoms with Gasteiger partial charge < -0.3 is 0 Å². The van der Waals surface area contributed by atoms with Crippen LogP contribution >= 0.6 is 0 Å². The van der Waals surface area contributed by atoms with Crippen molar-refractivity contribution in [2.24, 2.45) is 5.92 Å². The van der Waals surface area contributed by atoms with Crippen LogP contribution in [0.4, 0.5) is 5.69 Å². The summed E-state index contributed by atoms with van der Waals surface area (Å²) in [4.78, 5) is 10.9. The van der Waals surface area contributed by atoms with Crippen LogP contribution in [0.5, 0.6) is 0 Å². The van der Waals surface area contributed by atoms with Crippen LogP contribution in [0, 0.1) is 16.0 Å². The van der Waals surface area contributed by atoms with Gasteiger partial charge in [-0.25, -0.2) is 0 Å². The Morgan fingerprint density at radius 1 is 1.04 bits per heavy atom. The van der Waals surface area contributed by atoms with Crippen molar-refractivity contribution < 1.29 is 17.9 Å². The van der Waals surface area contributed by atoms with Crippen molar-refractivity contribution in [3.63, 3.8) is 0 Å². The van der Waals surface area contributed by atoms with E-state index in [2.05, 4.69) is 0 Å². The van der Waals surface area contributed by atoms with Crippen molar-refractivity contribution in [2.75, 3.05) is 0 Å². The molecule has 0 bridgehead atoms. The highest BCUT2D eigenvalue weighted by molar-refractivity contribution is 7.85. The lowest BCUT2D eigenvalue weighted by molar-refractivity contribution is -0.386. The van der Waals surface area contributed by atoms with Crippen molar-refractivity contribution >= 4 is 15.8 Å². The zero-order valence-electron chi connectivity index (χ0n) is 14.3. The van der Waals surface area contributed by atoms with Crippen LogP contribution in [0.1, 0.15) is 69.8 Å². The molecular weight excluding hydrogens is 342 g/mol. The Labute approximate surface area is 148 Å². The van der Waals surface area contributed by atoms with Crippen molar-refractivity contribution in [1.29, 1.82) is 0 Å². The van der Waals surface area contributed by atoms with Gasteiger partial charge in [0.15, 0.2) is 0 Å². The molecule has 2 fully saturated rings. The predicted octanol–water partition coefficient (Wildman–Crippen LogP) is 4.62. The molecule has 3 rings (SSSR count). The fraction of sp³-hybridized carbons (Fsp3) is 0.667. The molecule has 25 heavy (non-hydrogen) atoms. The lowest BCUT2D eigenvalue weighted by atomic mass is 9.58. The summed E-state index contributed by atoms with van der Waals surface area (Å²) in [5, 5.41) is 11.7. The van der Waals surface area contributed by atoms with Gasteiger partial charge in [0.05, 0.1) is 10.5 Å². The van der Waals surface area contributed by atoms with Gasteiger partial charge in [-0.15, -0.1) is 0 Å². The average molecular weight is 367 g/mol. The molecule has 138 valence electrons. The van der Waals surface area contributed by atoms with Crippen molar-refractivity contribution in [2.45, 2.75) is 74.5 Å². The number of nitro groups is 1. The first-order valence-corrected chi connectivity index (χ1v) is 10.6. The van der Waals surface area contributed by atoms with Crippen LogP contribution in [0.3, 0.4) is 0 Å². The third kappa shape index (κ3) is 3.44. The minimum atomic E-state index is -4.52. The van der Waals surface area contributed by atoms with Gasteiger partial charge in [0.25, 0.3) is 15.8 Å². The number of hydrogen-bond donors (Lipinski definition) is 1. The number of nitro benzene ring substituents is 1. The van der Waals surface area contributed by atoms with E-state index in [0.29, 0.717) is 0 Å². The fourth-order valence-electron chi connectivity index (χ4n) is 5.09. The number of benzene rings is 1. The van der Waals surface area contributed by atoms with Gasteiger partial charge in [-0.2, -0.15) is 8.42 Å². The topological polar surface area (TPSA) is 97.5 Å². The molecule has 2 aliphatic carbocycles. The lowest BCUT2D eigenvalue weighted by Crippen LogP contribution is -2.40. The average Bonchev–Trinajstić information content (AvgIpc) is 2.61. The Morgan fingerprint density at radius 3 is 2.20 bits per heavy atom. The van der Waals surface area contributed by atoms with Crippen LogP contribution < -0.4 is 0 Å². The highest BCUT2D eigenvalue weighted by atomic mass is 32.2. The van der Waals surface area contributed by atoms with Crippen molar-refractivity contribution in [3.05, 3.63) is 33.9 Å². The van der Waals surface area contributed by atoms with E-state index in [0.717, 1.165) is 64.2 Å². The lowest BCUT2D eigenvalue weighted by Gasteiger charge is -2.46. The molecule has 0 aromatic heterocycles. The summed E-state index contributed by atoms with van der Waals surface area (Å²) in [6, 6.07) is 4.04. The molecule has 0 unspecified atom stereocenters. The summed E-state index contributed by atoms with van der Waals surface area (Å²) in [7, 11) is -4.52. The van der Waals surface area contributed by atoms with Crippen LogP contribution in [0.25, 0.3) is 0 Å². The maximum absolute atomic E-state index is 12.0. The second-order valence-corrected chi connectivity index (χ2v) is 8.82. The van der Waals surface area contributed by atoms with Crippen LogP contribution in [-0.2, 0) is 15.5 Å². The molecule has 1 aromatic carbocycles. The van der Waals surface area contributed by atoms with E-state index in [4.69, 9.17) is 0 Å². The van der Waals surface area contributed by atoms with E-state index in [1.807, 2.05) is 0 Å². The smallest absolute Gasteiger partial charge is 0.282 e. The maximum atomic E-state index is 12.0. The third-order valence-corrected chi connectivity index (χ3v) is 7.01. The van der Waals surface area contributed by atoms with Gasteiger partial charge >= 0.3 is 0 Å². The van der Waals surface area contributed by atoms with E-state index in [1.54, 1.807) is 0 Å². The molecule has 6 nitrogen and oxygen atoms in total. The largest absolute Gasteiger partial charge is 0.295 e. The van der Waals surface area contributed by atoms with Gasteiger partial charge in [0.2, 0.25) is 0 Å². The molecule has 2 aliphatic rings. The quantitative estimate of drug-likeness (QED) is 0.475. The van der Waals surface area contributed by atoms with Crippen LogP contribution in [-0.4, -0.2) is 17.9 Å². The Kier molecular flexibility index (Phi) is 5.16. The second-order valence-electron chi connectivity index (χ2n) is 7.43. The Morgan fingerprint density at radius 2 is 1.64 bits per heavy atom. The molecule has 0 heterocycles. The highest BCUT2D eigenvalue weighted by Gasteiger charge is 2.47. The summed E-state index contributed by atoms with van der Waals surface area (Å²) in [5.74, 6) is 0.239. The van der Waals surface area contributed by atoms with Crippen LogP contribution in [0.15, 0.2) is 23.1 Å². The molecule has 0 aliphatic heterocycles. The van der Waals surface area contributed by atoms with E-state index < -0.39 is 20.5 Å². The standard InChI is InChI=1S/C18H25NO5S/c20-19(21)15-10-7-11-16(25(22,23)24)17(15)18(12-5-2-6-13-18)14-8-3-1-4-9-14/h7,10-11,14H,1-6,8-9,12-13H2,(H,22,23,24). The van der Waals surface area contributed by atoms with E-state index in [9.17, 15) is 23.1 Å². The Balaban J connectivity index is 2.26. The molecule has 0 amide bonds. The summed E-state index contributed by atoms with van der Waals surface area (Å²) >= 11 is 0. The van der Waals surface area contributed by atoms with Gasteiger partial charge in [-0.1, -0.05) is 44.6 Å². The van der Waals surface area contributed by atoms with E-state index >= 15 is 0 Å². The molecular formula is C18H25NO5S. The molecule has 7 heteroatoms. The first kappa shape index (κ1) is 18.3. The summed E-state index contributed by atoms with van der Waals surface area (Å²) in [6.07, 6.45) is 9.71. The summed E-state index contributed by atoms with van der Waals surface area (Å²) < 4.78 is 33.8. The molecule has 0 radical (unpaired) electrons. The minimum Gasteiger partial charge on any atom is -0.282 e. The fourth-order valence-corrected chi connectivity index (χ4v) is 5.90. The molecule has 0 atom stereocenters. The normalized spacial score (nSPS) is 21.8. The number of rotatable bonds is 4. The molecule has 2 saturated carbocycles. The van der Waals surface area contributed by atoms with Crippen molar-refractivity contribution in [1.82, 2.24) is 0 Å². The zero-order valence-corrected chi connectivity index (χ0v) is 15.1. The van der Waals surface area contributed by atoms with Gasteiger partial charge in [0, 0.05) is 11.5 Å². The monoisotopic (exact) mass is 367 g/mol. The first-order chi connectivity index (χ1) is 11.9. The number of nitrogens with zero attached hydrogens (tertiary/aromatic N) is 1. The first-order valence-electron chi connectivity index (χ1n) is 9.12. The molecule has 0 spiro atoms. The maximum Gasteiger partial charge on any atom is 0.295 e. The minimum absolute atomic E-state index is 0.164. The summed E-state index contributed by atoms with van der Waals surface area (Å²) in [6.45, 7) is 0. The Bertz CT molecular complexity index is 747. The third-order valence-electron chi connectivity index (χ3n) is 6.11. The van der Waals surface area contributed by atoms with Crippen LogP contribution in [0.2, 0.25) is 0 Å².